The first-order valence-corrected chi connectivity index (χ1v) is 6.94. The molecule has 1 aromatic heterocycles. The van der Waals surface area contributed by atoms with Gasteiger partial charge in [-0.05, 0) is 19.2 Å². The summed E-state index contributed by atoms with van der Waals surface area (Å²) in [6, 6.07) is 1.50. The Morgan fingerprint density at radius 3 is 2.76 bits per heavy atom. The Kier molecular flexibility index (Phi) is 6.15. The summed E-state index contributed by atoms with van der Waals surface area (Å²) in [4.78, 5) is 13.2. The molecule has 1 N–H and O–H groups in total. The molecule has 0 unspecified atom stereocenters. The molecule has 5 heteroatoms. The third-order valence-electron chi connectivity index (χ3n) is 2.66. The number of rotatable bonds is 8. The quantitative estimate of drug-likeness (QED) is 0.725. The zero-order valence-corrected chi connectivity index (χ0v) is 11.1. The van der Waals surface area contributed by atoms with Crippen LogP contribution in [0.5, 0.6) is 0 Å². The van der Waals surface area contributed by atoms with Crippen LogP contribution in [0, 0.1) is 0 Å². The van der Waals surface area contributed by atoms with E-state index in [9.17, 15) is 4.79 Å². The van der Waals surface area contributed by atoms with Crippen LogP contribution in [0.15, 0.2) is 16.7 Å². The van der Waals surface area contributed by atoms with E-state index < -0.39 is 5.97 Å². The lowest BCUT2D eigenvalue weighted by atomic mass is 10.3. The van der Waals surface area contributed by atoms with Crippen molar-refractivity contribution in [3.05, 3.63) is 23.7 Å². The minimum atomic E-state index is -0.918. The molecule has 0 aliphatic heterocycles. The first kappa shape index (κ1) is 14.1. The molecule has 0 atom stereocenters. The van der Waals surface area contributed by atoms with Crippen LogP contribution in [-0.2, 0) is 5.75 Å². The van der Waals surface area contributed by atoms with E-state index in [4.69, 9.17) is 9.52 Å². The highest BCUT2D eigenvalue weighted by Crippen LogP contribution is 2.17. The summed E-state index contributed by atoms with van der Waals surface area (Å²) in [7, 11) is 0. The van der Waals surface area contributed by atoms with Crippen molar-refractivity contribution < 1.29 is 14.3 Å². The number of carboxylic acid groups (broad SMARTS) is 1. The molecule has 17 heavy (non-hydrogen) atoms. The molecule has 4 nitrogen and oxygen atoms in total. The van der Waals surface area contributed by atoms with Crippen molar-refractivity contribution in [2.75, 3.05) is 25.4 Å². The number of hydrogen-bond acceptors (Lipinski definition) is 4. The zero-order chi connectivity index (χ0) is 12.7. The Bertz CT molecular complexity index is 347. The van der Waals surface area contributed by atoms with E-state index in [0.29, 0.717) is 11.5 Å². The van der Waals surface area contributed by atoms with Crippen molar-refractivity contribution in [1.82, 2.24) is 4.90 Å². The van der Waals surface area contributed by atoms with Gasteiger partial charge in [0.1, 0.15) is 11.3 Å². The van der Waals surface area contributed by atoms with Gasteiger partial charge in [-0.3, -0.25) is 0 Å². The van der Waals surface area contributed by atoms with E-state index in [1.807, 2.05) is 0 Å². The van der Waals surface area contributed by atoms with Gasteiger partial charge in [-0.25, -0.2) is 4.79 Å². The van der Waals surface area contributed by atoms with Crippen LogP contribution in [0.4, 0.5) is 0 Å². The van der Waals surface area contributed by atoms with Gasteiger partial charge in [-0.2, -0.15) is 11.8 Å². The fourth-order valence-electron chi connectivity index (χ4n) is 1.54. The van der Waals surface area contributed by atoms with Gasteiger partial charge in [0.05, 0.1) is 12.0 Å². The Morgan fingerprint density at radius 2 is 2.18 bits per heavy atom. The number of carbonyl (C=O) groups is 1. The third kappa shape index (κ3) is 4.44. The minimum absolute atomic E-state index is 0.278. The number of furan rings is 1. The minimum Gasteiger partial charge on any atom is -0.478 e. The van der Waals surface area contributed by atoms with Gasteiger partial charge in [-0.15, -0.1) is 0 Å². The van der Waals surface area contributed by atoms with E-state index >= 15 is 0 Å². The van der Waals surface area contributed by atoms with Gasteiger partial charge in [0.25, 0.3) is 0 Å². The normalized spacial score (nSPS) is 11.0. The second-order valence-electron chi connectivity index (χ2n) is 3.64. The van der Waals surface area contributed by atoms with Crippen molar-refractivity contribution >= 4 is 17.7 Å². The zero-order valence-electron chi connectivity index (χ0n) is 10.3. The highest BCUT2D eigenvalue weighted by molar-refractivity contribution is 7.98. The molecule has 0 aromatic carbocycles. The average molecular weight is 257 g/mol. The van der Waals surface area contributed by atoms with Crippen LogP contribution in [0.2, 0.25) is 0 Å². The number of nitrogens with zero attached hydrogens (tertiary/aromatic N) is 1. The third-order valence-corrected chi connectivity index (χ3v) is 3.59. The number of carboxylic acids is 1. The monoisotopic (exact) mass is 257 g/mol. The fraction of sp³-hybridized carbons (Fsp3) is 0.583. The van der Waals surface area contributed by atoms with E-state index in [2.05, 4.69) is 18.7 Å². The highest BCUT2D eigenvalue weighted by Gasteiger charge is 2.12. The Balaban J connectivity index is 2.31. The van der Waals surface area contributed by atoms with Crippen molar-refractivity contribution in [3.63, 3.8) is 0 Å². The highest BCUT2D eigenvalue weighted by atomic mass is 32.2. The smallest absolute Gasteiger partial charge is 0.339 e. The van der Waals surface area contributed by atoms with Crippen molar-refractivity contribution in [2.45, 2.75) is 19.6 Å². The van der Waals surface area contributed by atoms with Gasteiger partial charge in [0.15, 0.2) is 0 Å². The van der Waals surface area contributed by atoms with Gasteiger partial charge in [-0.1, -0.05) is 13.8 Å². The van der Waals surface area contributed by atoms with E-state index in [1.54, 1.807) is 11.8 Å². The molecular formula is C12H19NO3S. The fourth-order valence-corrected chi connectivity index (χ4v) is 2.48. The van der Waals surface area contributed by atoms with Crippen molar-refractivity contribution in [3.8, 4) is 0 Å². The predicted molar refractivity (Wildman–Crippen MR) is 69.6 cm³/mol. The van der Waals surface area contributed by atoms with Crippen LogP contribution in [-0.4, -0.2) is 41.4 Å². The lowest BCUT2D eigenvalue weighted by molar-refractivity contribution is 0.0695. The molecule has 0 saturated carbocycles. The number of hydrogen-bond donors (Lipinski definition) is 1. The summed E-state index contributed by atoms with van der Waals surface area (Å²) in [6.07, 6.45) is 1.43. The molecular weight excluding hydrogens is 238 g/mol. The second kappa shape index (κ2) is 7.40. The summed E-state index contributed by atoms with van der Waals surface area (Å²) < 4.78 is 5.17. The van der Waals surface area contributed by atoms with Crippen molar-refractivity contribution in [2.24, 2.45) is 0 Å². The lowest BCUT2D eigenvalue weighted by Gasteiger charge is -2.17. The molecule has 1 heterocycles. The molecule has 96 valence electrons. The SMILES string of the molecule is CCN(CC)CCSCc1occc1C(=O)O. The summed E-state index contributed by atoms with van der Waals surface area (Å²) >= 11 is 1.70. The van der Waals surface area contributed by atoms with Crippen LogP contribution in [0.3, 0.4) is 0 Å². The van der Waals surface area contributed by atoms with Gasteiger partial charge < -0.3 is 14.4 Å². The van der Waals surface area contributed by atoms with Crippen LogP contribution < -0.4 is 0 Å². The molecule has 0 aliphatic rings. The topological polar surface area (TPSA) is 53.7 Å². The molecule has 0 spiro atoms. The van der Waals surface area contributed by atoms with Crippen LogP contribution >= 0.6 is 11.8 Å². The number of aromatic carboxylic acids is 1. The van der Waals surface area contributed by atoms with Crippen LogP contribution in [0.1, 0.15) is 30.0 Å². The summed E-state index contributed by atoms with van der Waals surface area (Å²) in [6.45, 7) is 7.42. The Morgan fingerprint density at radius 1 is 1.47 bits per heavy atom. The van der Waals surface area contributed by atoms with E-state index in [0.717, 1.165) is 25.4 Å². The molecule has 0 saturated heterocycles. The molecule has 0 aliphatic carbocycles. The van der Waals surface area contributed by atoms with Gasteiger partial charge in [0, 0.05) is 12.3 Å². The van der Waals surface area contributed by atoms with E-state index in [1.165, 1.54) is 12.3 Å². The first-order valence-electron chi connectivity index (χ1n) is 5.78. The van der Waals surface area contributed by atoms with Crippen molar-refractivity contribution in [1.29, 1.82) is 0 Å². The molecule has 0 radical (unpaired) electrons. The lowest BCUT2D eigenvalue weighted by Crippen LogP contribution is -2.25. The molecule has 0 fully saturated rings. The number of thioether (sulfide) groups is 1. The average Bonchev–Trinajstić information content (AvgIpc) is 2.78. The Labute approximate surface area is 106 Å². The molecule has 1 aromatic rings. The standard InChI is InChI=1S/C12H19NO3S/c1-3-13(4-2)6-8-17-9-11-10(12(14)15)5-7-16-11/h5,7H,3-4,6,8-9H2,1-2H3,(H,14,15). The summed E-state index contributed by atoms with van der Waals surface area (Å²) in [5.74, 6) is 1.25. The second-order valence-corrected chi connectivity index (χ2v) is 4.75. The maximum Gasteiger partial charge on any atom is 0.339 e. The Hall–Kier alpha value is -0.940. The summed E-state index contributed by atoms with van der Waals surface area (Å²) in [5, 5.41) is 8.90. The largest absolute Gasteiger partial charge is 0.478 e. The predicted octanol–water partition coefficient (Wildman–Crippen LogP) is 2.55. The van der Waals surface area contributed by atoms with E-state index in [-0.39, 0.29) is 5.56 Å². The van der Waals surface area contributed by atoms with Crippen LogP contribution in [0.25, 0.3) is 0 Å². The molecule has 0 amide bonds. The van der Waals surface area contributed by atoms with Gasteiger partial charge in [0.2, 0.25) is 0 Å². The molecule has 0 bridgehead atoms. The maximum atomic E-state index is 10.8. The first-order chi connectivity index (χ1) is 8.19. The van der Waals surface area contributed by atoms with Gasteiger partial charge >= 0.3 is 5.97 Å². The molecule has 1 rings (SSSR count). The summed E-state index contributed by atoms with van der Waals surface area (Å²) in [5.41, 5.74) is 0.278. The maximum absolute atomic E-state index is 10.8.